The third kappa shape index (κ3) is 9.77. The molecular weight excluding hydrogens is 440 g/mol. The van der Waals surface area contributed by atoms with Crippen LogP contribution in [0.25, 0.3) is 24.3 Å². The molecule has 0 fully saturated rings. The molecule has 0 aliphatic rings. The zero-order chi connectivity index (χ0) is 25.3. The van der Waals surface area contributed by atoms with Gasteiger partial charge in [0, 0.05) is 11.1 Å². The second-order valence-corrected chi connectivity index (χ2v) is 9.23. The van der Waals surface area contributed by atoms with Gasteiger partial charge in [0.1, 0.15) is 11.5 Å². The molecule has 0 N–H and O–H groups in total. The molecule has 0 saturated carbocycles. The Morgan fingerprint density at radius 2 is 0.917 bits per heavy atom. The van der Waals surface area contributed by atoms with Crippen molar-refractivity contribution in [1.82, 2.24) is 0 Å². The Labute approximate surface area is 218 Å². The van der Waals surface area contributed by atoms with Gasteiger partial charge in [-0.05, 0) is 36.1 Å². The van der Waals surface area contributed by atoms with Gasteiger partial charge in [-0.25, -0.2) is 0 Å². The fourth-order valence-corrected chi connectivity index (χ4v) is 4.02. The molecule has 0 unspecified atom stereocenters. The van der Waals surface area contributed by atoms with Crippen LogP contribution in [0, 0.1) is 0 Å². The van der Waals surface area contributed by atoms with Crippen LogP contribution in [0.5, 0.6) is 11.5 Å². The minimum atomic E-state index is 0.727. The van der Waals surface area contributed by atoms with Crippen molar-refractivity contribution >= 4 is 24.3 Å². The molecule has 0 radical (unpaired) electrons. The van der Waals surface area contributed by atoms with Crippen LogP contribution in [0.3, 0.4) is 0 Å². The van der Waals surface area contributed by atoms with Gasteiger partial charge in [0.2, 0.25) is 0 Å². The molecule has 36 heavy (non-hydrogen) atoms. The Morgan fingerprint density at radius 3 is 1.31 bits per heavy atom. The van der Waals surface area contributed by atoms with Crippen LogP contribution in [0.15, 0.2) is 72.8 Å². The quantitative estimate of drug-likeness (QED) is 0.149. The molecule has 3 rings (SSSR count). The first-order chi connectivity index (χ1) is 17.8. The van der Waals surface area contributed by atoms with E-state index in [0.29, 0.717) is 0 Å². The summed E-state index contributed by atoms with van der Waals surface area (Å²) in [5.74, 6) is 1.81. The molecule has 3 aromatic carbocycles. The molecule has 190 valence electrons. The van der Waals surface area contributed by atoms with Gasteiger partial charge in [0.25, 0.3) is 0 Å². The van der Waals surface area contributed by atoms with Gasteiger partial charge in [-0.1, -0.05) is 137 Å². The third-order valence-corrected chi connectivity index (χ3v) is 6.16. The second-order valence-electron chi connectivity index (χ2n) is 9.23. The summed E-state index contributed by atoms with van der Waals surface area (Å²) in [5, 5.41) is 0. The first kappa shape index (κ1) is 27.3. The summed E-state index contributed by atoms with van der Waals surface area (Å²) in [7, 11) is 0. The van der Waals surface area contributed by atoms with Crippen molar-refractivity contribution in [3.63, 3.8) is 0 Å². The molecule has 0 aromatic heterocycles. The second kappa shape index (κ2) is 16.4. The van der Waals surface area contributed by atoms with Crippen molar-refractivity contribution < 1.29 is 9.47 Å². The van der Waals surface area contributed by atoms with Crippen molar-refractivity contribution in [2.75, 3.05) is 13.2 Å². The van der Waals surface area contributed by atoms with E-state index >= 15 is 0 Å². The topological polar surface area (TPSA) is 18.5 Å². The molecule has 0 amide bonds. The van der Waals surface area contributed by atoms with Crippen molar-refractivity contribution in [3.05, 3.63) is 95.1 Å². The Morgan fingerprint density at radius 1 is 0.500 bits per heavy atom. The monoisotopic (exact) mass is 482 g/mol. The number of unbranched alkanes of at least 4 members (excludes halogenated alkanes) is 6. The fourth-order valence-electron chi connectivity index (χ4n) is 4.02. The van der Waals surface area contributed by atoms with Crippen molar-refractivity contribution in [3.8, 4) is 11.5 Å². The Kier molecular flexibility index (Phi) is 12.5. The van der Waals surface area contributed by atoms with E-state index in [1.165, 1.54) is 49.7 Å². The maximum atomic E-state index is 6.34. The van der Waals surface area contributed by atoms with Crippen LogP contribution in [0.1, 0.15) is 87.5 Å². The lowest BCUT2D eigenvalue weighted by molar-refractivity contribution is 0.296. The lowest BCUT2D eigenvalue weighted by Crippen LogP contribution is -2.03. The minimum absolute atomic E-state index is 0.727. The average Bonchev–Trinajstić information content (AvgIpc) is 2.92. The SMILES string of the molecule is CCCCCCOc1cc(/C=C\c2ccccc2)c(OCCCCCC)cc1/C=C\c1ccccc1. The van der Waals surface area contributed by atoms with Gasteiger partial charge in [-0.3, -0.25) is 0 Å². The number of hydrogen-bond donors (Lipinski definition) is 0. The van der Waals surface area contributed by atoms with Gasteiger partial charge < -0.3 is 9.47 Å². The maximum absolute atomic E-state index is 6.34. The smallest absolute Gasteiger partial charge is 0.127 e. The summed E-state index contributed by atoms with van der Waals surface area (Å²) >= 11 is 0. The normalized spacial score (nSPS) is 11.4. The van der Waals surface area contributed by atoms with Crippen LogP contribution < -0.4 is 9.47 Å². The van der Waals surface area contributed by atoms with Gasteiger partial charge in [-0.2, -0.15) is 0 Å². The Hall–Kier alpha value is -3.26. The summed E-state index contributed by atoms with van der Waals surface area (Å²) in [6.07, 6.45) is 18.1. The van der Waals surface area contributed by atoms with Gasteiger partial charge in [0.05, 0.1) is 13.2 Å². The van der Waals surface area contributed by atoms with E-state index in [-0.39, 0.29) is 0 Å². The van der Waals surface area contributed by atoms with E-state index in [4.69, 9.17) is 9.47 Å². The molecule has 2 heteroatoms. The molecule has 0 bridgehead atoms. The Bertz CT molecular complexity index is 964. The lowest BCUT2D eigenvalue weighted by atomic mass is 10.0. The standard InChI is InChI=1S/C34H42O2/c1-3-5-7-15-25-35-33-27-32(24-22-30-19-13-10-14-20-30)34(36-26-16-8-6-4-2)28-31(33)23-21-29-17-11-9-12-18-29/h9-14,17-24,27-28H,3-8,15-16,25-26H2,1-2H3/b23-21-,24-22-. The zero-order valence-corrected chi connectivity index (χ0v) is 22.1. The van der Waals surface area contributed by atoms with E-state index in [2.05, 4.69) is 98.8 Å². The molecule has 0 saturated heterocycles. The van der Waals surface area contributed by atoms with E-state index in [1.54, 1.807) is 0 Å². The van der Waals surface area contributed by atoms with Crippen LogP contribution in [0.2, 0.25) is 0 Å². The highest BCUT2D eigenvalue weighted by Gasteiger charge is 2.10. The molecule has 0 aliphatic carbocycles. The highest BCUT2D eigenvalue weighted by molar-refractivity contribution is 5.78. The number of rotatable bonds is 16. The highest BCUT2D eigenvalue weighted by atomic mass is 16.5. The number of hydrogen-bond acceptors (Lipinski definition) is 2. The molecule has 0 heterocycles. The summed E-state index contributed by atoms with van der Waals surface area (Å²) in [4.78, 5) is 0. The molecule has 0 spiro atoms. The van der Waals surface area contributed by atoms with Crippen LogP contribution in [-0.4, -0.2) is 13.2 Å². The first-order valence-electron chi connectivity index (χ1n) is 13.7. The number of benzene rings is 3. The first-order valence-corrected chi connectivity index (χ1v) is 13.7. The lowest BCUT2D eigenvalue weighted by Gasteiger charge is -2.15. The van der Waals surface area contributed by atoms with Crippen molar-refractivity contribution in [2.45, 2.75) is 65.2 Å². The summed E-state index contributed by atoms with van der Waals surface area (Å²) in [5.41, 5.74) is 4.44. The Balaban J connectivity index is 1.89. The molecule has 0 aliphatic heterocycles. The minimum Gasteiger partial charge on any atom is -0.493 e. The predicted octanol–water partition coefficient (Wildman–Crippen LogP) is 9.95. The molecule has 0 atom stereocenters. The largest absolute Gasteiger partial charge is 0.493 e. The van der Waals surface area contributed by atoms with E-state index in [0.717, 1.165) is 48.7 Å². The predicted molar refractivity (Wildman–Crippen MR) is 156 cm³/mol. The van der Waals surface area contributed by atoms with E-state index in [1.807, 2.05) is 12.1 Å². The van der Waals surface area contributed by atoms with Gasteiger partial charge in [-0.15, -0.1) is 0 Å². The maximum Gasteiger partial charge on any atom is 0.127 e. The molecular formula is C34H42O2. The van der Waals surface area contributed by atoms with E-state index < -0.39 is 0 Å². The van der Waals surface area contributed by atoms with Crippen molar-refractivity contribution in [2.24, 2.45) is 0 Å². The van der Waals surface area contributed by atoms with Crippen LogP contribution >= 0.6 is 0 Å². The van der Waals surface area contributed by atoms with Gasteiger partial charge >= 0.3 is 0 Å². The fraction of sp³-hybridized carbons (Fsp3) is 0.353. The summed E-state index contributed by atoms with van der Waals surface area (Å²) in [6.45, 7) is 5.93. The van der Waals surface area contributed by atoms with Gasteiger partial charge in [0.15, 0.2) is 0 Å². The van der Waals surface area contributed by atoms with Crippen molar-refractivity contribution in [1.29, 1.82) is 0 Å². The van der Waals surface area contributed by atoms with E-state index in [9.17, 15) is 0 Å². The zero-order valence-electron chi connectivity index (χ0n) is 22.1. The summed E-state index contributed by atoms with van der Waals surface area (Å²) in [6, 6.07) is 25.1. The number of ether oxygens (including phenoxy) is 2. The molecule has 2 nitrogen and oxygen atoms in total. The van der Waals surface area contributed by atoms with Crippen LogP contribution in [0.4, 0.5) is 0 Å². The van der Waals surface area contributed by atoms with Crippen LogP contribution in [-0.2, 0) is 0 Å². The molecule has 3 aromatic rings. The third-order valence-electron chi connectivity index (χ3n) is 6.16. The highest BCUT2D eigenvalue weighted by Crippen LogP contribution is 2.33. The summed E-state index contributed by atoms with van der Waals surface area (Å²) < 4.78 is 12.7. The average molecular weight is 483 g/mol.